The Morgan fingerprint density at radius 1 is 1.26 bits per heavy atom. The Labute approximate surface area is 138 Å². The first-order chi connectivity index (χ1) is 11.0. The van der Waals surface area contributed by atoms with Gasteiger partial charge in [0, 0.05) is 35.3 Å². The predicted octanol–water partition coefficient (Wildman–Crippen LogP) is 3.20. The summed E-state index contributed by atoms with van der Waals surface area (Å²) in [6.07, 6.45) is 3.35. The van der Waals surface area contributed by atoms with Crippen LogP contribution in [0.1, 0.15) is 17.5 Å². The van der Waals surface area contributed by atoms with E-state index in [1.807, 2.05) is 32.0 Å². The Hall–Kier alpha value is -2.21. The summed E-state index contributed by atoms with van der Waals surface area (Å²) in [6, 6.07) is 9.29. The second-order valence-electron chi connectivity index (χ2n) is 5.26. The molecule has 2 rings (SSSR count). The molecule has 0 bridgehead atoms. The largest absolute Gasteiger partial charge is 0.439 e. The molecule has 1 heterocycles. The molecule has 0 aliphatic heterocycles. The number of anilines is 1. The third-order valence-electron chi connectivity index (χ3n) is 3.41. The van der Waals surface area contributed by atoms with Crippen molar-refractivity contribution in [3.05, 3.63) is 47.7 Å². The van der Waals surface area contributed by atoms with Gasteiger partial charge in [-0.25, -0.2) is 4.98 Å². The van der Waals surface area contributed by atoms with E-state index >= 15 is 0 Å². The summed E-state index contributed by atoms with van der Waals surface area (Å²) >= 11 is 0. The van der Waals surface area contributed by atoms with Crippen molar-refractivity contribution in [2.75, 3.05) is 17.3 Å². The molecule has 0 unspecified atom stereocenters. The molecule has 0 saturated heterocycles. The zero-order chi connectivity index (χ0) is 16.8. The summed E-state index contributed by atoms with van der Waals surface area (Å²) in [5, 5.41) is 2.72. The quantitative estimate of drug-likeness (QED) is 0.882. The molecule has 122 valence electrons. The molecular weight excluding hydrogens is 312 g/mol. The van der Waals surface area contributed by atoms with Crippen LogP contribution in [0.15, 0.2) is 36.5 Å². The van der Waals surface area contributed by atoms with E-state index in [4.69, 9.17) is 4.74 Å². The van der Waals surface area contributed by atoms with E-state index in [-0.39, 0.29) is 12.3 Å². The number of amides is 1. The molecule has 0 fully saturated rings. The van der Waals surface area contributed by atoms with Gasteiger partial charge in [0.25, 0.3) is 0 Å². The molecule has 0 radical (unpaired) electrons. The van der Waals surface area contributed by atoms with Gasteiger partial charge in [-0.2, -0.15) is 0 Å². The highest BCUT2D eigenvalue weighted by molar-refractivity contribution is 7.84. The molecule has 23 heavy (non-hydrogen) atoms. The van der Waals surface area contributed by atoms with Crippen LogP contribution in [-0.2, 0) is 15.6 Å². The fourth-order valence-corrected chi connectivity index (χ4v) is 2.39. The first-order valence-electron chi connectivity index (χ1n) is 7.25. The number of carbonyl (C=O) groups is 1. The monoisotopic (exact) mass is 332 g/mol. The van der Waals surface area contributed by atoms with Gasteiger partial charge >= 0.3 is 0 Å². The Morgan fingerprint density at radius 2 is 2.04 bits per heavy atom. The summed E-state index contributed by atoms with van der Waals surface area (Å²) in [4.78, 5) is 15.9. The van der Waals surface area contributed by atoms with Gasteiger partial charge in [0.05, 0.1) is 11.9 Å². The van der Waals surface area contributed by atoms with E-state index in [0.29, 0.717) is 17.3 Å². The zero-order valence-electron chi connectivity index (χ0n) is 13.5. The number of hydrogen-bond acceptors (Lipinski definition) is 4. The number of benzene rings is 1. The Bertz CT molecular complexity index is 714. The minimum Gasteiger partial charge on any atom is -0.439 e. The van der Waals surface area contributed by atoms with Gasteiger partial charge in [0.1, 0.15) is 5.75 Å². The van der Waals surface area contributed by atoms with Crippen molar-refractivity contribution < 1.29 is 13.7 Å². The van der Waals surface area contributed by atoms with Crippen molar-refractivity contribution in [2.24, 2.45) is 0 Å². The van der Waals surface area contributed by atoms with E-state index in [0.717, 1.165) is 16.9 Å². The van der Waals surface area contributed by atoms with Crippen LogP contribution in [0, 0.1) is 13.8 Å². The van der Waals surface area contributed by atoms with Gasteiger partial charge in [-0.15, -0.1) is 0 Å². The first-order valence-corrected chi connectivity index (χ1v) is 8.98. The molecule has 0 spiro atoms. The second-order valence-corrected chi connectivity index (χ2v) is 6.82. The van der Waals surface area contributed by atoms with Gasteiger partial charge in [-0.3, -0.25) is 9.00 Å². The fourth-order valence-electron chi connectivity index (χ4n) is 1.92. The third-order valence-corrected chi connectivity index (χ3v) is 4.19. The Morgan fingerprint density at radius 3 is 2.70 bits per heavy atom. The third kappa shape index (κ3) is 5.17. The molecule has 2 aromatic rings. The lowest BCUT2D eigenvalue weighted by atomic mass is 10.1. The van der Waals surface area contributed by atoms with Crippen LogP contribution >= 0.6 is 0 Å². The van der Waals surface area contributed by atoms with E-state index in [1.165, 1.54) is 0 Å². The molecule has 1 amide bonds. The highest BCUT2D eigenvalue weighted by atomic mass is 32.2. The number of aryl methyl sites for hydroxylation is 1. The van der Waals surface area contributed by atoms with Crippen LogP contribution in [0.2, 0.25) is 0 Å². The fraction of sp³-hybridized carbons (Fsp3) is 0.294. The lowest BCUT2D eigenvalue weighted by Gasteiger charge is -2.10. The maximum atomic E-state index is 11.7. The number of pyridine rings is 1. The lowest BCUT2D eigenvalue weighted by Crippen LogP contribution is -2.14. The highest BCUT2D eigenvalue weighted by Gasteiger charge is 2.06. The standard InChI is InChI=1S/C17H20N2O3S/c1-12-5-4-6-15(13(12)2)22-17-8-7-14(11-18-17)19-16(20)9-10-23(3)21/h4-8,11H,9-10H2,1-3H3,(H,19,20)/t23-/m0/s1. The molecule has 6 heteroatoms. The maximum absolute atomic E-state index is 11.7. The summed E-state index contributed by atoms with van der Waals surface area (Å²) in [5.41, 5.74) is 2.81. The van der Waals surface area contributed by atoms with E-state index in [9.17, 15) is 9.00 Å². The van der Waals surface area contributed by atoms with Crippen molar-refractivity contribution in [1.82, 2.24) is 4.98 Å². The predicted molar refractivity (Wildman–Crippen MR) is 92.4 cm³/mol. The van der Waals surface area contributed by atoms with Crippen molar-refractivity contribution in [2.45, 2.75) is 20.3 Å². The number of carbonyl (C=O) groups excluding carboxylic acids is 1. The molecule has 1 aromatic carbocycles. The molecule has 5 nitrogen and oxygen atoms in total. The number of nitrogens with zero attached hydrogens (tertiary/aromatic N) is 1. The minimum atomic E-state index is -0.971. The van der Waals surface area contributed by atoms with Crippen LogP contribution in [0.4, 0.5) is 5.69 Å². The zero-order valence-corrected chi connectivity index (χ0v) is 14.3. The average molecular weight is 332 g/mol. The van der Waals surface area contributed by atoms with Crippen LogP contribution in [0.5, 0.6) is 11.6 Å². The van der Waals surface area contributed by atoms with Gasteiger partial charge in [0.2, 0.25) is 11.8 Å². The second kappa shape index (κ2) is 7.87. The maximum Gasteiger partial charge on any atom is 0.225 e. The van der Waals surface area contributed by atoms with Crippen LogP contribution < -0.4 is 10.1 Å². The summed E-state index contributed by atoms with van der Waals surface area (Å²) < 4.78 is 16.7. The van der Waals surface area contributed by atoms with E-state index in [2.05, 4.69) is 10.3 Å². The minimum absolute atomic E-state index is 0.176. The van der Waals surface area contributed by atoms with Gasteiger partial charge in [-0.1, -0.05) is 12.1 Å². The van der Waals surface area contributed by atoms with E-state index < -0.39 is 10.8 Å². The lowest BCUT2D eigenvalue weighted by molar-refractivity contribution is -0.115. The summed E-state index contributed by atoms with van der Waals surface area (Å²) in [5.74, 6) is 1.41. The van der Waals surface area contributed by atoms with Gasteiger partial charge < -0.3 is 10.1 Å². The van der Waals surface area contributed by atoms with E-state index in [1.54, 1.807) is 24.6 Å². The number of aromatic nitrogens is 1. The SMILES string of the molecule is Cc1cccc(Oc2ccc(NC(=O)CC[S@](C)=O)cn2)c1C. The van der Waals surface area contributed by atoms with Crippen LogP contribution in [0.25, 0.3) is 0 Å². The Kier molecular flexibility index (Phi) is 5.87. The molecule has 0 saturated carbocycles. The van der Waals surface area contributed by atoms with Crippen molar-refractivity contribution in [3.8, 4) is 11.6 Å². The number of hydrogen-bond donors (Lipinski definition) is 1. The Balaban J connectivity index is 1.98. The van der Waals surface area contributed by atoms with Gasteiger partial charge in [0.15, 0.2) is 0 Å². The number of rotatable bonds is 6. The molecule has 1 aromatic heterocycles. The van der Waals surface area contributed by atoms with Crippen molar-refractivity contribution in [3.63, 3.8) is 0 Å². The van der Waals surface area contributed by atoms with Crippen LogP contribution in [0.3, 0.4) is 0 Å². The summed E-state index contributed by atoms with van der Waals surface area (Å²) in [7, 11) is -0.971. The summed E-state index contributed by atoms with van der Waals surface area (Å²) in [6.45, 7) is 4.02. The van der Waals surface area contributed by atoms with Crippen molar-refractivity contribution in [1.29, 1.82) is 0 Å². The molecular formula is C17H20N2O3S. The normalized spacial score (nSPS) is 11.8. The molecule has 1 atom stereocenters. The van der Waals surface area contributed by atoms with Crippen molar-refractivity contribution >= 4 is 22.4 Å². The smallest absolute Gasteiger partial charge is 0.225 e. The highest BCUT2D eigenvalue weighted by Crippen LogP contribution is 2.26. The topological polar surface area (TPSA) is 68.3 Å². The number of ether oxygens (including phenoxy) is 1. The van der Waals surface area contributed by atoms with Crippen LogP contribution in [-0.4, -0.2) is 27.1 Å². The first kappa shape index (κ1) is 17.1. The molecule has 0 aliphatic rings. The number of nitrogens with one attached hydrogen (secondary N) is 1. The van der Waals surface area contributed by atoms with Gasteiger partial charge in [-0.05, 0) is 37.1 Å². The molecule has 0 aliphatic carbocycles. The molecule has 1 N–H and O–H groups in total. The average Bonchev–Trinajstić information content (AvgIpc) is 2.52.